The van der Waals surface area contributed by atoms with Crippen LogP contribution in [0.1, 0.15) is 55.0 Å². The first-order valence-corrected chi connectivity index (χ1v) is 12.3. The second-order valence-corrected chi connectivity index (χ2v) is 9.25. The molecule has 2 aromatic heterocycles. The van der Waals surface area contributed by atoms with E-state index in [1.165, 1.54) is 23.1 Å². The second kappa shape index (κ2) is 9.87. The lowest BCUT2D eigenvalue weighted by atomic mass is 10.1. The summed E-state index contributed by atoms with van der Waals surface area (Å²) in [7, 11) is 0. The van der Waals surface area contributed by atoms with Gasteiger partial charge in [0.15, 0.2) is 0 Å². The Labute approximate surface area is 202 Å². The van der Waals surface area contributed by atoms with Gasteiger partial charge in [0.2, 0.25) is 0 Å². The van der Waals surface area contributed by atoms with Crippen molar-refractivity contribution >= 4 is 33.0 Å². The van der Waals surface area contributed by atoms with Gasteiger partial charge in [0.05, 0.1) is 17.1 Å². The molecule has 0 N–H and O–H groups in total. The van der Waals surface area contributed by atoms with E-state index in [1.54, 1.807) is 12.3 Å². The van der Waals surface area contributed by atoms with Crippen LogP contribution in [-0.2, 0) is 12.8 Å². The van der Waals surface area contributed by atoms with Crippen molar-refractivity contribution in [2.45, 2.75) is 53.4 Å². The molecule has 0 unspecified atom stereocenters. The maximum atomic E-state index is 13.2. The van der Waals surface area contributed by atoms with Crippen LogP contribution in [0, 0.1) is 13.8 Å². The molecule has 5 nitrogen and oxygen atoms in total. The lowest BCUT2D eigenvalue weighted by Crippen LogP contribution is -2.22. The highest BCUT2D eigenvalue weighted by molar-refractivity contribution is 9.10. The molecule has 0 amide bonds. The summed E-state index contributed by atoms with van der Waals surface area (Å²) >= 11 is 3.44. The molecule has 170 valence electrons. The van der Waals surface area contributed by atoms with Crippen LogP contribution in [0.3, 0.4) is 0 Å². The molecule has 0 bridgehead atoms. The Morgan fingerprint density at radius 2 is 1.82 bits per heavy atom. The molecule has 0 saturated carbocycles. The lowest BCUT2D eigenvalue weighted by Gasteiger charge is -2.11. The average Bonchev–Trinajstić information content (AvgIpc) is 3.10. The Balaban J connectivity index is 1.71. The Morgan fingerprint density at radius 1 is 1.06 bits per heavy atom. The van der Waals surface area contributed by atoms with Crippen molar-refractivity contribution in [2.75, 3.05) is 0 Å². The third-order valence-corrected chi connectivity index (χ3v) is 6.48. The molecule has 0 atom stereocenters. The quantitative estimate of drug-likeness (QED) is 0.275. The smallest absolute Gasteiger partial charge is 0.282 e. The van der Waals surface area contributed by atoms with E-state index in [1.807, 2.05) is 19.1 Å². The minimum atomic E-state index is -0.161. The molecular formula is C27H29BrN4O. The van der Waals surface area contributed by atoms with Crippen LogP contribution in [0.15, 0.2) is 62.9 Å². The van der Waals surface area contributed by atoms with E-state index in [4.69, 9.17) is 0 Å². The summed E-state index contributed by atoms with van der Waals surface area (Å²) in [4.78, 5) is 17.8. The zero-order valence-corrected chi connectivity index (χ0v) is 21.2. The molecule has 33 heavy (non-hydrogen) atoms. The minimum Gasteiger partial charge on any atom is -0.318 e. The summed E-state index contributed by atoms with van der Waals surface area (Å²) in [6.07, 6.45) is 5.90. The number of hydrogen-bond donors (Lipinski definition) is 0. The maximum Gasteiger partial charge on any atom is 0.282 e. The fourth-order valence-corrected chi connectivity index (χ4v) is 4.53. The lowest BCUT2D eigenvalue weighted by molar-refractivity contribution is 0.734. The normalized spacial score (nSPS) is 11.7. The highest BCUT2D eigenvalue weighted by atomic mass is 79.9. The van der Waals surface area contributed by atoms with Gasteiger partial charge in [-0.3, -0.25) is 4.79 Å². The third-order valence-electron chi connectivity index (χ3n) is 5.99. The Kier molecular flexibility index (Phi) is 6.94. The summed E-state index contributed by atoms with van der Waals surface area (Å²) in [5.74, 6) is 0.641. The zero-order valence-electron chi connectivity index (χ0n) is 19.6. The Hall–Kier alpha value is -2.99. The molecule has 0 aliphatic heterocycles. The number of aryl methyl sites for hydroxylation is 3. The Bertz CT molecular complexity index is 1380. The molecular weight excluding hydrogens is 476 g/mol. The molecule has 6 heteroatoms. The molecule has 0 fully saturated rings. The minimum absolute atomic E-state index is 0.161. The summed E-state index contributed by atoms with van der Waals surface area (Å²) in [6, 6.07) is 16.4. The van der Waals surface area contributed by atoms with E-state index in [-0.39, 0.29) is 5.56 Å². The van der Waals surface area contributed by atoms with Gasteiger partial charge in [-0.2, -0.15) is 9.78 Å². The molecule has 0 spiro atoms. The first-order chi connectivity index (χ1) is 15.9. The van der Waals surface area contributed by atoms with Crippen LogP contribution in [0.2, 0.25) is 0 Å². The van der Waals surface area contributed by atoms with Crippen molar-refractivity contribution in [3.63, 3.8) is 0 Å². The fraction of sp³-hybridized carbons (Fsp3) is 0.296. The van der Waals surface area contributed by atoms with E-state index in [2.05, 4.69) is 81.7 Å². The molecule has 0 aliphatic rings. The molecule has 0 radical (unpaired) electrons. The number of fused-ring (bicyclic) bond motifs is 1. The van der Waals surface area contributed by atoms with Gasteiger partial charge in [-0.05, 0) is 68.7 Å². The summed E-state index contributed by atoms with van der Waals surface area (Å²) in [5.41, 5.74) is 6.21. The van der Waals surface area contributed by atoms with E-state index in [0.29, 0.717) is 23.1 Å². The molecule has 0 saturated heterocycles. The highest BCUT2D eigenvalue weighted by Crippen LogP contribution is 2.21. The molecule has 4 aromatic rings. The third kappa shape index (κ3) is 4.71. The number of aromatic nitrogens is 3. The van der Waals surface area contributed by atoms with Crippen LogP contribution in [0.25, 0.3) is 16.6 Å². The zero-order chi connectivity index (χ0) is 23.5. The topological polar surface area (TPSA) is 52.2 Å². The van der Waals surface area contributed by atoms with Crippen LogP contribution in [0.4, 0.5) is 0 Å². The predicted molar refractivity (Wildman–Crippen MR) is 140 cm³/mol. The highest BCUT2D eigenvalue weighted by Gasteiger charge is 2.12. The SMILES string of the molecule is CCCCc1ccc(-n2c(C)cc(C=Nn3c(CC)nc4ccc(Br)cc4c3=O)c2C)cc1. The average molecular weight is 505 g/mol. The largest absolute Gasteiger partial charge is 0.318 e. The second-order valence-electron chi connectivity index (χ2n) is 8.34. The van der Waals surface area contributed by atoms with Crippen LogP contribution in [-0.4, -0.2) is 20.4 Å². The van der Waals surface area contributed by atoms with E-state index in [9.17, 15) is 4.79 Å². The summed E-state index contributed by atoms with van der Waals surface area (Å²) in [5, 5.41) is 5.12. The number of unbranched alkanes of at least 4 members (excludes halogenated alkanes) is 1. The first-order valence-electron chi connectivity index (χ1n) is 11.5. The Morgan fingerprint density at radius 3 is 2.52 bits per heavy atom. The number of hydrogen-bond acceptors (Lipinski definition) is 3. The van der Waals surface area contributed by atoms with Gasteiger partial charge < -0.3 is 4.57 Å². The van der Waals surface area contributed by atoms with Crippen molar-refractivity contribution in [1.82, 2.24) is 14.2 Å². The maximum absolute atomic E-state index is 13.2. The number of rotatable bonds is 7. The van der Waals surface area contributed by atoms with Gasteiger partial charge in [0.1, 0.15) is 5.82 Å². The van der Waals surface area contributed by atoms with Gasteiger partial charge in [-0.25, -0.2) is 4.98 Å². The van der Waals surface area contributed by atoms with Crippen LogP contribution >= 0.6 is 15.9 Å². The monoisotopic (exact) mass is 504 g/mol. The van der Waals surface area contributed by atoms with Crippen molar-refractivity contribution in [3.05, 3.63) is 91.7 Å². The summed E-state index contributed by atoms with van der Waals surface area (Å²) < 4.78 is 4.49. The van der Waals surface area contributed by atoms with Crippen molar-refractivity contribution < 1.29 is 0 Å². The van der Waals surface area contributed by atoms with Gasteiger partial charge in [0.25, 0.3) is 5.56 Å². The summed E-state index contributed by atoms with van der Waals surface area (Å²) in [6.45, 7) is 8.37. The van der Waals surface area contributed by atoms with E-state index in [0.717, 1.165) is 33.5 Å². The van der Waals surface area contributed by atoms with E-state index < -0.39 is 0 Å². The molecule has 0 aliphatic carbocycles. The number of halogens is 1. The van der Waals surface area contributed by atoms with Crippen molar-refractivity contribution in [3.8, 4) is 5.69 Å². The van der Waals surface area contributed by atoms with Gasteiger partial charge in [-0.15, -0.1) is 0 Å². The standard InChI is InChI=1S/C27H29BrN4O/c1-5-7-8-20-9-12-23(13-10-20)31-18(3)15-21(19(31)4)17-29-32-26(6-2)30-25-14-11-22(28)16-24(25)27(32)33/h9-17H,5-8H2,1-4H3. The predicted octanol–water partition coefficient (Wildman–Crippen LogP) is 6.35. The first kappa shape index (κ1) is 23.2. The van der Waals surface area contributed by atoms with Crippen LogP contribution in [0.5, 0.6) is 0 Å². The van der Waals surface area contributed by atoms with Crippen molar-refractivity contribution in [1.29, 1.82) is 0 Å². The molecule has 2 heterocycles. The van der Waals surface area contributed by atoms with Crippen LogP contribution < -0.4 is 5.56 Å². The molecule has 4 rings (SSSR count). The fourth-order valence-electron chi connectivity index (χ4n) is 4.17. The van der Waals surface area contributed by atoms with Gasteiger partial charge >= 0.3 is 0 Å². The van der Waals surface area contributed by atoms with Crippen molar-refractivity contribution in [2.24, 2.45) is 5.10 Å². The van der Waals surface area contributed by atoms with E-state index >= 15 is 0 Å². The number of nitrogens with zero attached hydrogens (tertiary/aromatic N) is 4. The van der Waals surface area contributed by atoms with Gasteiger partial charge in [0, 0.05) is 33.5 Å². The number of benzene rings is 2. The molecule has 2 aromatic carbocycles. The van der Waals surface area contributed by atoms with Gasteiger partial charge in [-0.1, -0.05) is 48.3 Å².